The van der Waals surface area contributed by atoms with E-state index in [1.165, 1.54) is 7.11 Å². The zero-order chi connectivity index (χ0) is 14.7. The first kappa shape index (κ1) is 13.8. The summed E-state index contributed by atoms with van der Waals surface area (Å²) in [6, 6.07) is 4.98. The minimum atomic E-state index is -0.410. The largest absolute Gasteiger partial charge is 0.468 e. The summed E-state index contributed by atoms with van der Waals surface area (Å²) in [5, 5.41) is 4.02. The lowest BCUT2D eigenvalue weighted by Gasteiger charge is -2.32. The number of rotatable bonds is 4. The number of hydrogen-bond acceptors (Lipinski definition) is 7. The van der Waals surface area contributed by atoms with Gasteiger partial charge in [0.25, 0.3) is 0 Å². The van der Waals surface area contributed by atoms with E-state index in [9.17, 15) is 4.79 Å². The van der Waals surface area contributed by atoms with Crippen molar-refractivity contribution in [2.45, 2.75) is 12.6 Å². The summed E-state index contributed by atoms with van der Waals surface area (Å²) in [6.45, 7) is 2.04. The van der Waals surface area contributed by atoms with Crippen molar-refractivity contribution in [3.8, 4) is 11.5 Å². The molecule has 2 aromatic rings. The number of furan rings is 1. The molecule has 0 spiro atoms. The smallest absolute Gasteiger partial charge is 0.325 e. The van der Waals surface area contributed by atoms with E-state index in [1.807, 2.05) is 11.0 Å². The van der Waals surface area contributed by atoms with Crippen molar-refractivity contribution in [1.29, 1.82) is 0 Å². The molecule has 1 fully saturated rings. The number of esters is 1. The summed E-state index contributed by atoms with van der Waals surface area (Å²) >= 11 is 0. The fourth-order valence-electron chi connectivity index (χ4n) is 2.31. The van der Waals surface area contributed by atoms with Crippen LogP contribution in [0, 0.1) is 0 Å². The monoisotopic (exact) mass is 292 g/mol. The van der Waals surface area contributed by atoms with Crippen LogP contribution in [0.3, 0.4) is 0 Å². The number of nitrogens with zero attached hydrogens (tertiary/aromatic N) is 2. The van der Waals surface area contributed by atoms with Crippen molar-refractivity contribution in [3.63, 3.8) is 0 Å². The number of morpholine rings is 1. The Bertz CT molecular complexity index is 592. The number of carbonyl (C=O) groups is 1. The molecule has 112 valence electrons. The summed E-state index contributed by atoms with van der Waals surface area (Å²) < 4.78 is 20.7. The van der Waals surface area contributed by atoms with Gasteiger partial charge in [-0.15, -0.1) is 0 Å². The zero-order valence-corrected chi connectivity index (χ0v) is 11.7. The molecule has 1 aliphatic heterocycles. The molecule has 0 bridgehead atoms. The highest BCUT2D eigenvalue weighted by molar-refractivity contribution is 5.75. The van der Waals surface area contributed by atoms with Crippen molar-refractivity contribution in [1.82, 2.24) is 10.1 Å². The maximum Gasteiger partial charge on any atom is 0.325 e. The molecule has 0 saturated carbocycles. The Balaban J connectivity index is 1.71. The Hall–Kier alpha value is -2.12. The topological polar surface area (TPSA) is 77.9 Å². The Labute approximate surface area is 121 Å². The Morgan fingerprint density at radius 3 is 3.19 bits per heavy atom. The van der Waals surface area contributed by atoms with E-state index >= 15 is 0 Å². The molecule has 0 radical (unpaired) electrons. The van der Waals surface area contributed by atoms with Gasteiger partial charge in [0, 0.05) is 19.2 Å². The van der Waals surface area contributed by atoms with E-state index in [0.29, 0.717) is 37.8 Å². The summed E-state index contributed by atoms with van der Waals surface area (Å²) in [5.41, 5.74) is 0.734. The van der Waals surface area contributed by atoms with Crippen LogP contribution in [0.4, 0.5) is 0 Å². The fourth-order valence-corrected chi connectivity index (χ4v) is 2.31. The van der Waals surface area contributed by atoms with Crippen LogP contribution >= 0.6 is 0 Å². The first-order valence-electron chi connectivity index (χ1n) is 6.67. The molecule has 1 aliphatic rings. The second-order valence-electron chi connectivity index (χ2n) is 4.74. The van der Waals surface area contributed by atoms with E-state index in [2.05, 4.69) is 5.16 Å². The first-order chi connectivity index (χ1) is 10.3. The number of aromatic nitrogens is 1. The molecule has 7 nitrogen and oxygen atoms in total. The molecule has 3 rings (SSSR count). The van der Waals surface area contributed by atoms with Crippen LogP contribution in [0.1, 0.15) is 5.69 Å². The van der Waals surface area contributed by atoms with Gasteiger partial charge >= 0.3 is 5.97 Å². The molecule has 0 aromatic carbocycles. The van der Waals surface area contributed by atoms with Gasteiger partial charge in [-0.05, 0) is 12.1 Å². The highest BCUT2D eigenvalue weighted by Crippen LogP contribution is 2.22. The molecule has 0 aliphatic carbocycles. The lowest BCUT2D eigenvalue weighted by Crippen LogP contribution is -2.49. The molecular weight excluding hydrogens is 276 g/mol. The van der Waals surface area contributed by atoms with Gasteiger partial charge in [0.2, 0.25) is 5.76 Å². The number of ether oxygens (including phenoxy) is 2. The zero-order valence-electron chi connectivity index (χ0n) is 11.7. The average Bonchev–Trinajstić information content (AvgIpc) is 3.18. The average molecular weight is 292 g/mol. The van der Waals surface area contributed by atoms with Crippen molar-refractivity contribution in [2.24, 2.45) is 0 Å². The summed E-state index contributed by atoms with van der Waals surface area (Å²) in [5.74, 6) is 0.891. The highest BCUT2D eigenvalue weighted by Gasteiger charge is 2.30. The van der Waals surface area contributed by atoms with E-state index in [4.69, 9.17) is 18.4 Å². The molecule has 1 atom stereocenters. The van der Waals surface area contributed by atoms with Gasteiger partial charge < -0.3 is 18.4 Å². The molecule has 21 heavy (non-hydrogen) atoms. The van der Waals surface area contributed by atoms with Crippen LogP contribution in [-0.2, 0) is 20.8 Å². The van der Waals surface area contributed by atoms with Gasteiger partial charge in [-0.2, -0.15) is 0 Å². The van der Waals surface area contributed by atoms with Gasteiger partial charge in [-0.1, -0.05) is 5.16 Å². The third-order valence-electron chi connectivity index (χ3n) is 3.40. The summed E-state index contributed by atoms with van der Waals surface area (Å²) in [6.07, 6.45) is 1.58. The van der Waals surface area contributed by atoms with Crippen LogP contribution in [0.2, 0.25) is 0 Å². The lowest BCUT2D eigenvalue weighted by molar-refractivity contribution is -0.153. The fraction of sp³-hybridized carbons (Fsp3) is 0.429. The highest BCUT2D eigenvalue weighted by atomic mass is 16.5. The second kappa shape index (κ2) is 6.11. The Morgan fingerprint density at radius 1 is 1.52 bits per heavy atom. The van der Waals surface area contributed by atoms with Crippen LogP contribution in [0.5, 0.6) is 0 Å². The van der Waals surface area contributed by atoms with Crippen LogP contribution in [0.25, 0.3) is 11.5 Å². The predicted octanol–water partition coefficient (Wildman–Crippen LogP) is 1.31. The lowest BCUT2D eigenvalue weighted by atomic mass is 10.2. The van der Waals surface area contributed by atoms with E-state index in [1.54, 1.807) is 18.4 Å². The van der Waals surface area contributed by atoms with Crippen LogP contribution in [-0.4, -0.2) is 48.9 Å². The molecule has 1 saturated heterocycles. The third-order valence-corrected chi connectivity index (χ3v) is 3.40. The molecule has 0 amide bonds. The number of carbonyl (C=O) groups excluding carboxylic acids is 1. The SMILES string of the molecule is COC(=O)C1COCCN1Cc1cc(-c2ccco2)on1. The number of hydrogen-bond donors (Lipinski definition) is 0. The number of methoxy groups -OCH3 is 1. The van der Waals surface area contributed by atoms with Gasteiger partial charge in [0.05, 0.1) is 32.3 Å². The minimum Gasteiger partial charge on any atom is -0.468 e. The quantitative estimate of drug-likeness (QED) is 0.786. The molecule has 3 heterocycles. The van der Waals surface area contributed by atoms with Gasteiger partial charge in [0.15, 0.2) is 5.76 Å². The Kier molecular flexibility index (Phi) is 4.03. The summed E-state index contributed by atoms with van der Waals surface area (Å²) in [7, 11) is 1.38. The van der Waals surface area contributed by atoms with Crippen LogP contribution < -0.4 is 0 Å². The molecule has 2 aromatic heterocycles. The van der Waals surface area contributed by atoms with E-state index in [0.717, 1.165) is 5.69 Å². The van der Waals surface area contributed by atoms with Gasteiger partial charge in [0.1, 0.15) is 6.04 Å². The normalized spacial score (nSPS) is 19.6. The second-order valence-corrected chi connectivity index (χ2v) is 4.74. The minimum absolute atomic E-state index is 0.301. The van der Waals surface area contributed by atoms with Gasteiger partial charge in [-0.25, -0.2) is 0 Å². The molecule has 7 heteroatoms. The van der Waals surface area contributed by atoms with Gasteiger partial charge in [-0.3, -0.25) is 9.69 Å². The molecule has 1 unspecified atom stereocenters. The third kappa shape index (κ3) is 2.98. The van der Waals surface area contributed by atoms with Crippen molar-refractivity contribution in [2.75, 3.05) is 26.9 Å². The van der Waals surface area contributed by atoms with E-state index < -0.39 is 6.04 Å². The molecule has 0 N–H and O–H groups in total. The Morgan fingerprint density at radius 2 is 2.43 bits per heavy atom. The molecular formula is C14H16N2O5. The van der Waals surface area contributed by atoms with E-state index in [-0.39, 0.29) is 5.97 Å². The maximum atomic E-state index is 11.8. The van der Waals surface area contributed by atoms with Crippen molar-refractivity contribution in [3.05, 3.63) is 30.2 Å². The standard InChI is InChI=1S/C14H16N2O5/c1-18-14(17)11-9-19-6-4-16(11)8-10-7-13(21-15-10)12-3-2-5-20-12/h2-3,5,7,11H,4,6,8-9H2,1H3. The van der Waals surface area contributed by atoms with Crippen molar-refractivity contribution < 1.29 is 23.2 Å². The predicted molar refractivity (Wildman–Crippen MR) is 71.2 cm³/mol. The maximum absolute atomic E-state index is 11.8. The summed E-state index contributed by atoms with van der Waals surface area (Å²) in [4.78, 5) is 13.7. The van der Waals surface area contributed by atoms with Crippen molar-refractivity contribution >= 4 is 5.97 Å². The first-order valence-corrected chi connectivity index (χ1v) is 6.67. The van der Waals surface area contributed by atoms with Crippen LogP contribution in [0.15, 0.2) is 33.4 Å².